The van der Waals surface area contributed by atoms with Gasteiger partial charge in [0.2, 0.25) is 0 Å². The van der Waals surface area contributed by atoms with E-state index in [4.69, 9.17) is 5.41 Å². The van der Waals surface area contributed by atoms with Crippen molar-refractivity contribution in [1.29, 1.82) is 5.41 Å². The van der Waals surface area contributed by atoms with Crippen LogP contribution < -0.4 is 4.80 Å². The van der Waals surface area contributed by atoms with Crippen LogP contribution in [0.2, 0.25) is 0 Å². The normalized spacial score (nSPS) is 14.7. The number of hydrogen-bond donors (Lipinski definition) is 1. The summed E-state index contributed by atoms with van der Waals surface area (Å²) in [7, 11) is 0. The lowest BCUT2D eigenvalue weighted by Crippen LogP contribution is -2.19. The molecule has 0 aliphatic heterocycles. The van der Waals surface area contributed by atoms with Gasteiger partial charge in [-0.05, 0) is 49.4 Å². The van der Waals surface area contributed by atoms with Gasteiger partial charge in [0.25, 0.3) is 0 Å². The molecule has 1 N–H and O–H groups in total. The Morgan fingerprint density at radius 3 is 2.00 bits per heavy atom. The molecule has 10 heteroatoms. The highest BCUT2D eigenvalue weighted by Crippen LogP contribution is 2.36. The molecule has 0 saturated carbocycles. The van der Waals surface area contributed by atoms with Gasteiger partial charge in [-0.3, -0.25) is 5.41 Å². The average molecular weight is 461 g/mol. The molecule has 0 amide bonds. The zero-order valence-corrected chi connectivity index (χ0v) is 15.8. The summed E-state index contributed by atoms with van der Waals surface area (Å²) in [5, 5.41) is 8.01. The van der Waals surface area contributed by atoms with Crippen LogP contribution in [0.15, 0.2) is 18.2 Å². The molecule has 0 radical (unpaired) electrons. The Hall–Kier alpha value is -1.29. The van der Waals surface area contributed by atoms with E-state index in [1.54, 1.807) is 0 Å². The van der Waals surface area contributed by atoms with Crippen LogP contribution in [-0.4, -0.2) is 4.57 Å². The second-order valence-corrected chi connectivity index (χ2v) is 7.07. The summed E-state index contributed by atoms with van der Waals surface area (Å²) in [6.07, 6.45) is -6.35. The molecule has 1 aromatic carbocycles. The van der Waals surface area contributed by atoms with Gasteiger partial charge in [-0.25, -0.2) is 0 Å². The van der Waals surface area contributed by atoms with Gasteiger partial charge in [0.15, 0.2) is 4.80 Å². The minimum absolute atomic E-state index is 0. The standard InChI is InChI=1S/C16H14F6N2S.BrH/c17-15(18,19)10-5-9(6-11(7-10)16(20,21)22)8-24-12-3-1-2-4-13(12)25-14(24)23;/h5-7,23H,1-4,8H2;1H. The molecule has 0 fully saturated rings. The Bertz CT molecular complexity index is 818. The van der Waals surface area contributed by atoms with Gasteiger partial charge < -0.3 is 4.57 Å². The van der Waals surface area contributed by atoms with Crippen LogP contribution in [-0.2, 0) is 31.7 Å². The minimum Gasteiger partial charge on any atom is -0.317 e. The Labute approximate surface area is 159 Å². The number of halogens is 7. The lowest BCUT2D eigenvalue weighted by molar-refractivity contribution is -0.143. The number of aromatic nitrogens is 1. The minimum atomic E-state index is -4.86. The van der Waals surface area contributed by atoms with Crippen LogP contribution in [0.4, 0.5) is 26.3 Å². The van der Waals surface area contributed by atoms with E-state index >= 15 is 0 Å². The van der Waals surface area contributed by atoms with Crippen LogP contribution in [0.25, 0.3) is 0 Å². The number of rotatable bonds is 2. The van der Waals surface area contributed by atoms with Gasteiger partial charge in [0.05, 0.1) is 17.7 Å². The first-order chi connectivity index (χ1) is 11.6. The van der Waals surface area contributed by atoms with Crippen molar-refractivity contribution in [2.24, 2.45) is 0 Å². The number of hydrogen-bond acceptors (Lipinski definition) is 2. The van der Waals surface area contributed by atoms with E-state index in [2.05, 4.69) is 0 Å². The zero-order chi connectivity index (χ0) is 18.4. The van der Waals surface area contributed by atoms with Crippen molar-refractivity contribution in [2.75, 3.05) is 0 Å². The lowest BCUT2D eigenvalue weighted by Gasteiger charge is -2.17. The maximum Gasteiger partial charge on any atom is 0.416 e. The predicted molar refractivity (Wildman–Crippen MR) is 90.7 cm³/mol. The van der Waals surface area contributed by atoms with Crippen molar-refractivity contribution in [3.05, 3.63) is 50.3 Å². The molecule has 1 aliphatic carbocycles. The summed E-state index contributed by atoms with van der Waals surface area (Å²) in [4.78, 5) is 1.15. The highest BCUT2D eigenvalue weighted by atomic mass is 79.9. The summed E-state index contributed by atoms with van der Waals surface area (Å²) < 4.78 is 79.3. The first kappa shape index (κ1) is 21.0. The predicted octanol–water partition coefficient (Wildman–Crippen LogP) is 5.57. The smallest absolute Gasteiger partial charge is 0.317 e. The van der Waals surface area contributed by atoms with E-state index in [9.17, 15) is 26.3 Å². The van der Waals surface area contributed by atoms with Crippen LogP contribution in [0, 0.1) is 5.41 Å². The van der Waals surface area contributed by atoms with E-state index < -0.39 is 23.5 Å². The molecule has 2 aromatic rings. The molecule has 0 atom stereocenters. The number of nitrogens with zero attached hydrogens (tertiary/aromatic N) is 1. The Kier molecular flexibility index (Phi) is 5.96. The van der Waals surface area contributed by atoms with Crippen LogP contribution >= 0.6 is 28.3 Å². The third-order valence-electron chi connectivity index (χ3n) is 4.17. The molecular formula is C16H15BrF6N2S. The fraction of sp³-hybridized carbons (Fsp3) is 0.438. The SMILES string of the molecule is Br.N=c1sc2c(n1Cc1cc(C(F)(F)F)cc(C(F)(F)F)c1)CCCC2. The molecule has 0 bridgehead atoms. The fourth-order valence-electron chi connectivity index (χ4n) is 3.01. The third-order valence-corrected chi connectivity index (χ3v) is 5.27. The largest absolute Gasteiger partial charge is 0.416 e. The first-order valence-electron chi connectivity index (χ1n) is 7.60. The van der Waals surface area contributed by atoms with Gasteiger partial charge in [-0.1, -0.05) is 0 Å². The van der Waals surface area contributed by atoms with Crippen molar-refractivity contribution in [1.82, 2.24) is 4.57 Å². The van der Waals surface area contributed by atoms with E-state index in [0.29, 0.717) is 6.42 Å². The molecule has 0 saturated heterocycles. The summed E-state index contributed by atoms with van der Waals surface area (Å²) in [6, 6.07) is 1.59. The fourth-order valence-corrected chi connectivity index (χ4v) is 4.11. The average Bonchev–Trinajstić information content (AvgIpc) is 2.81. The van der Waals surface area contributed by atoms with Gasteiger partial charge in [-0.2, -0.15) is 26.3 Å². The van der Waals surface area contributed by atoms with Crippen LogP contribution in [0.3, 0.4) is 0 Å². The summed E-state index contributed by atoms with van der Waals surface area (Å²) in [5.41, 5.74) is -1.90. The molecule has 0 spiro atoms. The summed E-state index contributed by atoms with van der Waals surface area (Å²) in [6.45, 7) is -0.169. The number of thiazole rings is 1. The van der Waals surface area contributed by atoms with Crippen LogP contribution in [0.1, 0.15) is 40.1 Å². The monoisotopic (exact) mass is 460 g/mol. The Morgan fingerprint density at radius 1 is 0.923 bits per heavy atom. The second kappa shape index (κ2) is 7.38. The van der Waals surface area contributed by atoms with E-state index in [1.165, 1.54) is 15.9 Å². The molecule has 2 nitrogen and oxygen atoms in total. The van der Waals surface area contributed by atoms with E-state index in [-0.39, 0.29) is 40.0 Å². The van der Waals surface area contributed by atoms with Crippen molar-refractivity contribution in [3.63, 3.8) is 0 Å². The van der Waals surface area contributed by atoms with Crippen LogP contribution in [0.5, 0.6) is 0 Å². The molecule has 3 rings (SSSR count). The van der Waals surface area contributed by atoms with Gasteiger partial charge in [0, 0.05) is 10.6 Å². The van der Waals surface area contributed by atoms with Gasteiger partial charge >= 0.3 is 12.4 Å². The quantitative estimate of drug-likeness (QED) is 0.567. The van der Waals surface area contributed by atoms with E-state index in [1.807, 2.05) is 0 Å². The number of benzene rings is 1. The number of aryl methyl sites for hydroxylation is 1. The van der Waals surface area contributed by atoms with Gasteiger partial charge in [-0.15, -0.1) is 28.3 Å². The highest BCUT2D eigenvalue weighted by Gasteiger charge is 2.37. The summed E-state index contributed by atoms with van der Waals surface area (Å²) >= 11 is 1.24. The lowest BCUT2D eigenvalue weighted by atomic mass is 10.0. The van der Waals surface area contributed by atoms with Crippen molar-refractivity contribution >= 4 is 28.3 Å². The zero-order valence-electron chi connectivity index (χ0n) is 13.3. The summed E-state index contributed by atoms with van der Waals surface area (Å²) in [5.74, 6) is 0. The Morgan fingerprint density at radius 2 is 1.46 bits per heavy atom. The van der Waals surface area contributed by atoms with Crippen molar-refractivity contribution in [3.8, 4) is 0 Å². The molecule has 26 heavy (non-hydrogen) atoms. The number of alkyl halides is 6. The van der Waals surface area contributed by atoms with Gasteiger partial charge in [0.1, 0.15) is 0 Å². The second-order valence-electron chi connectivity index (χ2n) is 5.98. The number of fused-ring (bicyclic) bond motifs is 1. The van der Waals surface area contributed by atoms with E-state index in [0.717, 1.165) is 42.0 Å². The third kappa shape index (κ3) is 4.33. The van der Waals surface area contributed by atoms with Crippen molar-refractivity contribution < 1.29 is 26.3 Å². The number of nitrogens with one attached hydrogen (secondary N) is 1. The first-order valence-corrected chi connectivity index (χ1v) is 8.41. The molecule has 1 aliphatic rings. The molecule has 144 valence electrons. The molecule has 1 aromatic heterocycles. The maximum atomic E-state index is 13.0. The molecule has 0 unspecified atom stereocenters. The molecule has 1 heterocycles. The Balaban J connectivity index is 0.00000243. The molecular weight excluding hydrogens is 446 g/mol. The van der Waals surface area contributed by atoms with Crippen molar-refractivity contribution in [2.45, 2.75) is 44.6 Å². The topological polar surface area (TPSA) is 28.8 Å². The highest BCUT2D eigenvalue weighted by molar-refractivity contribution is 8.93. The maximum absolute atomic E-state index is 13.0.